The second-order valence-electron chi connectivity index (χ2n) is 7.19. The molecule has 0 radical (unpaired) electrons. The van der Waals surface area contributed by atoms with E-state index in [0.717, 1.165) is 54.0 Å². The second-order valence-corrected chi connectivity index (χ2v) is 8.11. The molecule has 3 N–H and O–H groups in total. The van der Waals surface area contributed by atoms with E-state index in [0.29, 0.717) is 13.1 Å². The van der Waals surface area contributed by atoms with Gasteiger partial charge in [-0.25, -0.2) is 9.59 Å². The van der Waals surface area contributed by atoms with Gasteiger partial charge < -0.3 is 25.8 Å². The summed E-state index contributed by atoms with van der Waals surface area (Å²) in [5.41, 5.74) is 2.53. The molecule has 0 spiro atoms. The molecule has 4 amide bonds. The van der Waals surface area contributed by atoms with Crippen LogP contribution in [0, 0.1) is 0 Å². The highest BCUT2D eigenvalue weighted by molar-refractivity contribution is 9.10. The number of nitrogens with zero attached hydrogens (tertiary/aromatic N) is 2. The molecule has 1 aliphatic heterocycles. The van der Waals surface area contributed by atoms with E-state index in [-0.39, 0.29) is 12.1 Å². The normalized spacial score (nSPS) is 13.7. The third-order valence-electron chi connectivity index (χ3n) is 4.97. The molecule has 160 valence electrons. The minimum atomic E-state index is -0.284. The number of piperazine rings is 1. The molecule has 7 nitrogen and oxygen atoms in total. The van der Waals surface area contributed by atoms with Crippen molar-refractivity contribution < 1.29 is 9.59 Å². The summed E-state index contributed by atoms with van der Waals surface area (Å²) in [7, 11) is 0. The zero-order valence-corrected chi connectivity index (χ0v) is 18.7. The summed E-state index contributed by atoms with van der Waals surface area (Å²) in [5, 5.41) is 8.62. The Morgan fingerprint density at radius 3 is 2.03 bits per heavy atom. The number of nitrogens with one attached hydrogen (secondary N) is 3. The van der Waals surface area contributed by atoms with Crippen LogP contribution >= 0.6 is 15.9 Å². The average molecular weight is 474 g/mol. The highest BCUT2D eigenvalue weighted by Crippen LogP contribution is 2.20. The lowest BCUT2D eigenvalue weighted by Crippen LogP contribution is -2.52. The van der Waals surface area contributed by atoms with Crippen LogP contribution in [0.2, 0.25) is 0 Å². The first-order valence-electron chi connectivity index (χ1n) is 10.3. The van der Waals surface area contributed by atoms with Gasteiger partial charge in [-0.05, 0) is 55.0 Å². The third-order valence-corrected chi connectivity index (χ3v) is 5.49. The van der Waals surface area contributed by atoms with Gasteiger partial charge in [0.05, 0.1) is 0 Å². The van der Waals surface area contributed by atoms with Gasteiger partial charge in [0, 0.05) is 54.3 Å². The zero-order chi connectivity index (χ0) is 21.3. The number of hydrogen-bond donors (Lipinski definition) is 3. The number of carbonyl (C=O) groups is 2. The molecular formula is C22H28BrN5O2. The smallest absolute Gasteiger partial charge is 0.323 e. The molecule has 2 aromatic rings. The van der Waals surface area contributed by atoms with Crippen molar-refractivity contribution in [2.75, 3.05) is 48.3 Å². The molecule has 0 bridgehead atoms. The fourth-order valence-electron chi connectivity index (χ4n) is 3.23. The summed E-state index contributed by atoms with van der Waals surface area (Å²) < 4.78 is 0.960. The van der Waals surface area contributed by atoms with Crippen LogP contribution in [-0.4, -0.2) is 49.7 Å². The monoisotopic (exact) mass is 473 g/mol. The van der Waals surface area contributed by atoms with Crippen molar-refractivity contribution >= 4 is 45.1 Å². The van der Waals surface area contributed by atoms with Gasteiger partial charge in [-0.1, -0.05) is 29.3 Å². The van der Waals surface area contributed by atoms with Crippen molar-refractivity contribution in [3.05, 3.63) is 53.0 Å². The van der Waals surface area contributed by atoms with Crippen LogP contribution < -0.4 is 20.9 Å². The van der Waals surface area contributed by atoms with E-state index >= 15 is 0 Å². The number of unbranched alkanes of at least 4 members (excludes halogenated alkanes) is 1. The highest BCUT2D eigenvalue weighted by Gasteiger charge is 2.20. The van der Waals surface area contributed by atoms with Gasteiger partial charge in [-0.2, -0.15) is 0 Å². The van der Waals surface area contributed by atoms with Gasteiger partial charge in [0.15, 0.2) is 0 Å². The lowest BCUT2D eigenvalue weighted by molar-refractivity contribution is 0.194. The maximum atomic E-state index is 12.2. The number of amides is 4. The Balaban J connectivity index is 1.46. The molecule has 30 heavy (non-hydrogen) atoms. The predicted octanol–water partition coefficient (Wildman–Crippen LogP) is 4.72. The van der Waals surface area contributed by atoms with E-state index < -0.39 is 0 Å². The summed E-state index contributed by atoms with van der Waals surface area (Å²) in [6.45, 7) is 5.83. The highest BCUT2D eigenvalue weighted by atomic mass is 79.9. The largest absolute Gasteiger partial charge is 0.368 e. The standard InChI is InChI=1S/C22H28BrN5O2/c1-2-3-12-24-22(30)28-15-13-27(14-16-28)20-10-8-19(9-11-20)26-21(29)25-18-6-4-17(23)5-7-18/h4-11H,2-3,12-16H2,1H3,(H,24,30)(H2,25,26,29). The Morgan fingerprint density at radius 1 is 0.900 bits per heavy atom. The van der Waals surface area contributed by atoms with E-state index in [2.05, 4.69) is 43.7 Å². The molecule has 1 heterocycles. The first-order valence-corrected chi connectivity index (χ1v) is 11.1. The Kier molecular flexibility index (Phi) is 7.96. The Labute approximate surface area is 185 Å². The number of halogens is 1. The van der Waals surface area contributed by atoms with E-state index in [9.17, 15) is 9.59 Å². The van der Waals surface area contributed by atoms with E-state index in [4.69, 9.17) is 0 Å². The van der Waals surface area contributed by atoms with Gasteiger partial charge in [0.2, 0.25) is 0 Å². The quantitative estimate of drug-likeness (QED) is 0.530. The van der Waals surface area contributed by atoms with Gasteiger partial charge in [-0.3, -0.25) is 0 Å². The molecule has 0 aliphatic carbocycles. The van der Waals surface area contributed by atoms with Crippen molar-refractivity contribution in [2.45, 2.75) is 19.8 Å². The third kappa shape index (κ3) is 6.38. The first kappa shape index (κ1) is 22.0. The van der Waals surface area contributed by atoms with Crippen LogP contribution in [0.1, 0.15) is 19.8 Å². The summed E-state index contributed by atoms with van der Waals surface area (Å²) in [5.74, 6) is 0. The van der Waals surface area contributed by atoms with Gasteiger partial charge in [0.25, 0.3) is 0 Å². The van der Waals surface area contributed by atoms with Crippen molar-refractivity contribution in [3.8, 4) is 0 Å². The molecule has 2 aromatic carbocycles. The maximum absolute atomic E-state index is 12.2. The number of rotatable bonds is 6. The molecule has 0 unspecified atom stereocenters. The van der Waals surface area contributed by atoms with Crippen LogP contribution in [0.3, 0.4) is 0 Å². The lowest BCUT2D eigenvalue weighted by Gasteiger charge is -2.36. The molecule has 1 fully saturated rings. The number of carbonyl (C=O) groups excluding carboxylic acids is 2. The summed E-state index contributed by atoms with van der Waals surface area (Å²) in [4.78, 5) is 28.4. The molecular weight excluding hydrogens is 446 g/mol. The number of urea groups is 2. The molecule has 0 atom stereocenters. The van der Waals surface area contributed by atoms with Gasteiger partial charge >= 0.3 is 12.1 Å². The summed E-state index contributed by atoms with van der Waals surface area (Å²) in [6, 6.07) is 14.9. The first-order chi connectivity index (χ1) is 14.5. The molecule has 0 saturated carbocycles. The van der Waals surface area contributed by atoms with Crippen molar-refractivity contribution in [2.24, 2.45) is 0 Å². The van der Waals surface area contributed by atoms with Crippen LogP contribution in [0.25, 0.3) is 0 Å². The van der Waals surface area contributed by atoms with Gasteiger partial charge in [-0.15, -0.1) is 0 Å². The summed E-state index contributed by atoms with van der Waals surface area (Å²) in [6.07, 6.45) is 2.08. The molecule has 3 rings (SSSR count). The van der Waals surface area contributed by atoms with Crippen LogP contribution in [0.4, 0.5) is 26.7 Å². The maximum Gasteiger partial charge on any atom is 0.323 e. The van der Waals surface area contributed by atoms with Crippen molar-refractivity contribution in [1.82, 2.24) is 10.2 Å². The fraction of sp³-hybridized carbons (Fsp3) is 0.364. The summed E-state index contributed by atoms with van der Waals surface area (Å²) >= 11 is 3.37. The second kappa shape index (κ2) is 10.9. The van der Waals surface area contributed by atoms with Crippen LogP contribution in [0.5, 0.6) is 0 Å². The SMILES string of the molecule is CCCCNC(=O)N1CCN(c2ccc(NC(=O)Nc3ccc(Br)cc3)cc2)CC1. The molecule has 8 heteroatoms. The topological polar surface area (TPSA) is 76.7 Å². The predicted molar refractivity (Wildman–Crippen MR) is 125 cm³/mol. The lowest BCUT2D eigenvalue weighted by atomic mass is 10.2. The van der Waals surface area contributed by atoms with E-state index in [1.54, 1.807) is 0 Å². The zero-order valence-electron chi connectivity index (χ0n) is 17.2. The van der Waals surface area contributed by atoms with E-state index in [1.807, 2.05) is 53.4 Å². The molecule has 1 saturated heterocycles. The van der Waals surface area contributed by atoms with E-state index in [1.165, 1.54) is 0 Å². The average Bonchev–Trinajstić information content (AvgIpc) is 2.76. The Hall–Kier alpha value is -2.74. The van der Waals surface area contributed by atoms with Gasteiger partial charge in [0.1, 0.15) is 0 Å². The minimum absolute atomic E-state index is 0.0273. The Morgan fingerprint density at radius 2 is 1.47 bits per heavy atom. The molecule has 0 aromatic heterocycles. The number of benzene rings is 2. The number of anilines is 3. The van der Waals surface area contributed by atoms with Crippen molar-refractivity contribution in [3.63, 3.8) is 0 Å². The van der Waals surface area contributed by atoms with Crippen LogP contribution in [-0.2, 0) is 0 Å². The molecule has 1 aliphatic rings. The minimum Gasteiger partial charge on any atom is -0.368 e. The van der Waals surface area contributed by atoms with Crippen LogP contribution in [0.15, 0.2) is 53.0 Å². The number of hydrogen-bond acceptors (Lipinski definition) is 3. The Bertz CT molecular complexity index is 834. The fourth-order valence-corrected chi connectivity index (χ4v) is 3.50. The van der Waals surface area contributed by atoms with Crippen molar-refractivity contribution in [1.29, 1.82) is 0 Å².